The molecule has 3 nitrogen and oxygen atoms in total. The summed E-state index contributed by atoms with van der Waals surface area (Å²) in [6.07, 6.45) is 0. The Bertz CT molecular complexity index is 366. The predicted molar refractivity (Wildman–Crippen MR) is 51.9 cm³/mol. The topological polar surface area (TPSA) is 55.1 Å². The van der Waals surface area contributed by atoms with Gasteiger partial charge in [-0.15, -0.1) is 0 Å². The average molecular weight is 214 g/mol. The third-order valence-electron chi connectivity index (χ3n) is 1.88. The lowest BCUT2D eigenvalue weighted by atomic mass is 10.2. The van der Waals surface area contributed by atoms with Crippen LogP contribution in [-0.2, 0) is 11.3 Å². The van der Waals surface area contributed by atoms with E-state index in [-0.39, 0.29) is 18.0 Å². The van der Waals surface area contributed by atoms with Gasteiger partial charge in [-0.25, -0.2) is 8.78 Å². The van der Waals surface area contributed by atoms with Crippen LogP contribution in [0.15, 0.2) is 18.2 Å². The maximum absolute atomic E-state index is 13.1. The zero-order chi connectivity index (χ0) is 11.4. The number of rotatable bonds is 3. The molecular formula is C10H12F2N2O. The average Bonchev–Trinajstić information content (AvgIpc) is 2.15. The zero-order valence-corrected chi connectivity index (χ0v) is 8.26. The van der Waals surface area contributed by atoms with Crippen LogP contribution in [0.1, 0.15) is 12.5 Å². The Morgan fingerprint density at radius 1 is 1.53 bits per heavy atom. The van der Waals surface area contributed by atoms with Crippen LogP contribution in [0.4, 0.5) is 8.78 Å². The van der Waals surface area contributed by atoms with Gasteiger partial charge in [0.05, 0.1) is 6.04 Å². The Balaban J connectivity index is 2.62. The molecule has 1 aromatic rings. The van der Waals surface area contributed by atoms with Crippen molar-refractivity contribution >= 4 is 5.91 Å². The van der Waals surface area contributed by atoms with E-state index in [1.54, 1.807) is 0 Å². The molecule has 1 aromatic carbocycles. The molecule has 0 spiro atoms. The van der Waals surface area contributed by atoms with E-state index >= 15 is 0 Å². The van der Waals surface area contributed by atoms with Gasteiger partial charge >= 0.3 is 0 Å². The lowest BCUT2D eigenvalue weighted by molar-refractivity contribution is -0.122. The molecule has 0 bridgehead atoms. The van der Waals surface area contributed by atoms with Crippen LogP contribution in [0.2, 0.25) is 0 Å². The summed E-state index contributed by atoms with van der Waals surface area (Å²) < 4.78 is 25.6. The van der Waals surface area contributed by atoms with Gasteiger partial charge in [-0.1, -0.05) is 6.07 Å². The minimum Gasteiger partial charge on any atom is -0.351 e. The van der Waals surface area contributed by atoms with Crippen molar-refractivity contribution in [2.45, 2.75) is 19.5 Å². The Labute approximate surface area is 86.3 Å². The standard InChI is InChI=1S/C10H12F2N2O/c1-6(13)10(15)14-5-7-2-3-8(11)4-9(7)12/h2-4,6H,5,13H2,1H3,(H,14,15)/t6-/m1/s1. The molecule has 1 rings (SSSR count). The molecule has 3 N–H and O–H groups in total. The number of carbonyl (C=O) groups is 1. The molecule has 0 fully saturated rings. The smallest absolute Gasteiger partial charge is 0.236 e. The van der Waals surface area contributed by atoms with Crippen molar-refractivity contribution in [2.75, 3.05) is 0 Å². The van der Waals surface area contributed by atoms with Crippen molar-refractivity contribution in [1.82, 2.24) is 5.32 Å². The molecule has 1 amide bonds. The molecule has 0 radical (unpaired) electrons. The highest BCUT2D eigenvalue weighted by Gasteiger charge is 2.08. The summed E-state index contributed by atoms with van der Waals surface area (Å²) in [6.45, 7) is 1.53. The third-order valence-corrected chi connectivity index (χ3v) is 1.88. The summed E-state index contributed by atoms with van der Waals surface area (Å²) in [6, 6.07) is 2.55. The van der Waals surface area contributed by atoms with E-state index in [0.717, 1.165) is 12.1 Å². The SMILES string of the molecule is C[C@@H](N)C(=O)NCc1ccc(F)cc1F. The summed E-state index contributed by atoms with van der Waals surface area (Å²) in [5, 5.41) is 2.43. The molecule has 15 heavy (non-hydrogen) atoms. The fourth-order valence-electron chi connectivity index (χ4n) is 1.01. The van der Waals surface area contributed by atoms with Crippen molar-refractivity contribution in [1.29, 1.82) is 0 Å². The van der Waals surface area contributed by atoms with Crippen LogP contribution >= 0.6 is 0 Å². The molecule has 0 aliphatic rings. The summed E-state index contributed by atoms with van der Waals surface area (Å²) in [4.78, 5) is 11.1. The lowest BCUT2D eigenvalue weighted by Crippen LogP contribution is -2.37. The first-order valence-corrected chi connectivity index (χ1v) is 4.48. The Kier molecular flexibility index (Phi) is 3.74. The highest BCUT2D eigenvalue weighted by atomic mass is 19.1. The number of hydrogen-bond donors (Lipinski definition) is 2. The molecule has 82 valence electrons. The van der Waals surface area contributed by atoms with Gasteiger partial charge in [0.1, 0.15) is 11.6 Å². The van der Waals surface area contributed by atoms with Crippen LogP contribution in [0.25, 0.3) is 0 Å². The Morgan fingerprint density at radius 2 is 2.20 bits per heavy atom. The van der Waals surface area contributed by atoms with E-state index in [1.807, 2.05) is 0 Å². The van der Waals surface area contributed by atoms with Crippen LogP contribution < -0.4 is 11.1 Å². The van der Waals surface area contributed by atoms with Crippen LogP contribution in [0.3, 0.4) is 0 Å². The first-order valence-electron chi connectivity index (χ1n) is 4.48. The number of hydrogen-bond acceptors (Lipinski definition) is 2. The first kappa shape index (κ1) is 11.6. The Morgan fingerprint density at radius 3 is 2.73 bits per heavy atom. The quantitative estimate of drug-likeness (QED) is 0.786. The van der Waals surface area contributed by atoms with Crippen molar-refractivity contribution in [3.05, 3.63) is 35.4 Å². The number of carbonyl (C=O) groups excluding carboxylic acids is 1. The number of halogens is 2. The van der Waals surface area contributed by atoms with Crippen LogP contribution in [0.5, 0.6) is 0 Å². The largest absolute Gasteiger partial charge is 0.351 e. The van der Waals surface area contributed by atoms with E-state index in [1.165, 1.54) is 13.0 Å². The Hall–Kier alpha value is -1.49. The van der Waals surface area contributed by atoms with Crippen molar-refractivity contribution in [3.63, 3.8) is 0 Å². The molecule has 0 saturated heterocycles. The van der Waals surface area contributed by atoms with Gasteiger partial charge in [-0.2, -0.15) is 0 Å². The molecule has 0 aliphatic heterocycles. The minimum atomic E-state index is -0.681. The second-order valence-corrected chi connectivity index (χ2v) is 3.24. The zero-order valence-electron chi connectivity index (χ0n) is 8.26. The predicted octanol–water partition coefficient (Wildman–Crippen LogP) is 0.928. The van der Waals surface area contributed by atoms with Gasteiger partial charge in [-0.05, 0) is 13.0 Å². The monoisotopic (exact) mass is 214 g/mol. The summed E-state index contributed by atoms with van der Waals surface area (Å²) >= 11 is 0. The van der Waals surface area contributed by atoms with Crippen molar-refractivity contribution in [2.24, 2.45) is 5.73 Å². The van der Waals surface area contributed by atoms with E-state index in [0.29, 0.717) is 0 Å². The normalized spacial score (nSPS) is 12.3. The summed E-state index contributed by atoms with van der Waals surface area (Å²) in [5.41, 5.74) is 5.52. The molecule has 0 aromatic heterocycles. The number of benzene rings is 1. The van der Waals surface area contributed by atoms with E-state index in [2.05, 4.69) is 5.32 Å². The van der Waals surface area contributed by atoms with Gasteiger partial charge in [0.25, 0.3) is 0 Å². The lowest BCUT2D eigenvalue weighted by Gasteiger charge is -2.08. The molecule has 1 atom stereocenters. The molecule has 0 saturated carbocycles. The fourth-order valence-corrected chi connectivity index (χ4v) is 1.01. The van der Waals surface area contributed by atoms with Gasteiger partial charge < -0.3 is 11.1 Å². The summed E-state index contributed by atoms with van der Waals surface area (Å²) in [5.74, 6) is -1.70. The molecule has 0 heterocycles. The fraction of sp³-hybridized carbons (Fsp3) is 0.300. The van der Waals surface area contributed by atoms with Crippen molar-refractivity contribution in [3.8, 4) is 0 Å². The maximum Gasteiger partial charge on any atom is 0.236 e. The van der Waals surface area contributed by atoms with Gasteiger partial charge in [0.2, 0.25) is 5.91 Å². The molecule has 0 unspecified atom stereocenters. The molecular weight excluding hydrogens is 202 g/mol. The molecule has 0 aliphatic carbocycles. The second-order valence-electron chi connectivity index (χ2n) is 3.24. The maximum atomic E-state index is 13.1. The highest BCUT2D eigenvalue weighted by Crippen LogP contribution is 2.08. The second kappa shape index (κ2) is 4.84. The van der Waals surface area contributed by atoms with Crippen LogP contribution in [0, 0.1) is 11.6 Å². The highest BCUT2D eigenvalue weighted by molar-refractivity contribution is 5.80. The first-order chi connectivity index (χ1) is 7.00. The number of amides is 1. The summed E-state index contributed by atoms with van der Waals surface area (Å²) in [7, 11) is 0. The number of nitrogens with one attached hydrogen (secondary N) is 1. The molecule has 5 heteroatoms. The van der Waals surface area contributed by atoms with E-state index in [9.17, 15) is 13.6 Å². The minimum absolute atomic E-state index is 0.00644. The number of nitrogens with two attached hydrogens (primary N) is 1. The van der Waals surface area contributed by atoms with Gasteiger partial charge in [0, 0.05) is 18.2 Å². The van der Waals surface area contributed by atoms with E-state index in [4.69, 9.17) is 5.73 Å². The van der Waals surface area contributed by atoms with Crippen LogP contribution in [-0.4, -0.2) is 11.9 Å². The van der Waals surface area contributed by atoms with Crippen molar-refractivity contribution < 1.29 is 13.6 Å². The van der Waals surface area contributed by atoms with Gasteiger partial charge in [0.15, 0.2) is 0 Å². The van der Waals surface area contributed by atoms with Gasteiger partial charge in [-0.3, -0.25) is 4.79 Å². The third kappa shape index (κ3) is 3.28. The van der Waals surface area contributed by atoms with E-state index < -0.39 is 17.7 Å².